The van der Waals surface area contributed by atoms with Crippen molar-refractivity contribution in [2.75, 3.05) is 18.0 Å². The molecule has 2 fully saturated rings. The molecule has 2 aliphatic rings. The van der Waals surface area contributed by atoms with E-state index in [1.807, 2.05) is 24.3 Å². The Bertz CT molecular complexity index is 788. The standard InChI is InChI=1S/C19H18ClN3O/c20-17-6-16(4-3-13(17)9-21)23-11-19(12-23)7-15(8-19)18(24)14-2-1-5-22-10-14/h1-6,10,15,18,24H,7-8,11-12H2. The van der Waals surface area contributed by atoms with Crippen LogP contribution in [0.25, 0.3) is 0 Å². The molecule has 1 atom stereocenters. The fourth-order valence-corrected chi connectivity index (χ4v) is 4.31. The molecule has 4 rings (SSSR count). The number of aliphatic hydroxyl groups excluding tert-OH is 1. The number of pyridine rings is 1. The van der Waals surface area contributed by atoms with Crippen LogP contribution in [0.2, 0.25) is 5.02 Å². The lowest BCUT2D eigenvalue weighted by atomic mass is 9.56. The highest BCUT2D eigenvalue weighted by atomic mass is 35.5. The van der Waals surface area contributed by atoms with E-state index in [9.17, 15) is 5.11 Å². The maximum absolute atomic E-state index is 10.5. The molecule has 0 amide bonds. The molecule has 122 valence electrons. The van der Waals surface area contributed by atoms with E-state index in [1.165, 1.54) is 0 Å². The number of aliphatic hydroxyl groups is 1. The quantitative estimate of drug-likeness (QED) is 0.928. The van der Waals surface area contributed by atoms with Gasteiger partial charge in [-0.05, 0) is 48.6 Å². The maximum Gasteiger partial charge on any atom is 0.101 e. The molecule has 1 aromatic heterocycles. The highest BCUT2D eigenvalue weighted by Crippen LogP contribution is 2.56. The zero-order valence-electron chi connectivity index (χ0n) is 13.2. The van der Waals surface area contributed by atoms with Gasteiger partial charge < -0.3 is 10.0 Å². The fraction of sp³-hybridized carbons (Fsp3) is 0.368. The summed E-state index contributed by atoms with van der Waals surface area (Å²) in [5.41, 5.74) is 2.82. The minimum atomic E-state index is -0.414. The summed E-state index contributed by atoms with van der Waals surface area (Å²) in [6.07, 6.45) is 5.15. The van der Waals surface area contributed by atoms with Crippen LogP contribution in [0.1, 0.15) is 30.1 Å². The zero-order chi connectivity index (χ0) is 16.7. The first kappa shape index (κ1) is 15.4. The molecule has 1 saturated heterocycles. The third-order valence-electron chi connectivity index (χ3n) is 5.35. The largest absolute Gasteiger partial charge is 0.388 e. The number of benzene rings is 1. The minimum absolute atomic E-state index is 0.320. The van der Waals surface area contributed by atoms with E-state index < -0.39 is 6.10 Å². The predicted octanol–water partition coefficient (Wildman–Crippen LogP) is 3.56. The van der Waals surface area contributed by atoms with Crippen molar-refractivity contribution < 1.29 is 5.11 Å². The Hall–Kier alpha value is -2.09. The topological polar surface area (TPSA) is 60.2 Å². The van der Waals surface area contributed by atoms with Crippen LogP contribution in [0.5, 0.6) is 0 Å². The Morgan fingerprint density at radius 2 is 2.12 bits per heavy atom. The number of nitriles is 1. The first-order valence-electron chi connectivity index (χ1n) is 8.13. The third-order valence-corrected chi connectivity index (χ3v) is 5.67. The Morgan fingerprint density at radius 1 is 1.33 bits per heavy atom. The molecule has 1 aliphatic carbocycles. The number of nitrogens with zero attached hydrogens (tertiary/aromatic N) is 3. The van der Waals surface area contributed by atoms with Crippen molar-refractivity contribution in [1.29, 1.82) is 5.26 Å². The molecule has 2 aromatic rings. The summed E-state index contributed by atoms with van der Waals surface area (Å²) in [5.74, 6) is 0.320. The van der Waals surface area contributed by atoms with Gasteiger partial charge in [0.25, 0.3) is 0 Å². The molecule has 24 heavy (non-hydrogen) atoms. The van der Waals surface area contributed by atoms with Gasteiger partial charge >= 0.3 is 0 Å². The average molecular weight is 340 g/mol. The second-order valence-electron chi connectivity index (χ2n) is 7.03. The van der Waals surface area contributed by atoms with Crippen molar-refractivity contribution in [3.63, 3.8) is 0 Å². The molecule has 0 bridgehead atoms. The van der Waals surface area contributed by atoms with Gasteiger partial charge in [-0.3, -0.25) is 4.98 Å². The molecule has 1 aromatic carbocycles. The van der Waals surface area contributed by atoms with E-state index in [4.69, 9.17) is 16.9 Å². The van der Waals surface area contributed by atoms with E-state index in [-0.39, 0.29) is 0 Å². The van der Waals surface area contributed by atoms with Crippen LogP contribution in [-0.2, 0) is 0 Å². The zero-order valence-corrected chi connectivity index (χ0v) is 13.9. The third kappa shape index (κ3) is 2.54. The minimum Gasteiger partial charge on any atom is -0.388 e. The van der Waals surface area contributed by atoms with E-state index in [0.29, 0.717) is 21.9 Å². The van der Waals surface area contributed by atoms with Gasteiger partial charge in [-0.2, -0.15) is 5.26 Å². The van der Waals surface area contributed by atoms with Crippen molar-refractivity contribution in [2.45, 2.75) is 18.9 Å². The normalized spacial score (nSPS) is 20.1. The smallest absolute Gasteiger partial charge is 0.101 e. The van der Waals surface area contributed by atoms with E-state index >= 15 is 0 Å². The lowest BCUT2D eigenvalue weighted by Gasteiger charge is -2.60. The van der Waals surface area contributed by atoms with Crippen molar-refractivity contribution in [1.82, 2.24) is 4.98 Å². The van der Waals surface area contributed by atoms with E-state index in [1.54, 1.807) is 18.5 Å². The van der Waals surface area contributed by atoms with E-state index in [2.05, 4.69) is 16.0 Å². The van der Waals surface area contributed by atoms with Gasteiger partial charge in [0.1, 0.15) is 6.07 Å². The first-order valence-corrected chi connectivity index (χ1v) is 8.51. The predicted molar refractivity (Wildman–Crippen MR) is 92.7 cm³/mol. The van der Waals surface area contributed by atoms with Gasteiger partial charge in [-0.15, -0.1) is 0 Å². The molecule has 5 heteroatoms. The summed E-state index contributed by atoms with van der Waals surface area (Å²) in [6.45, 7) is 1.98. The summed E-state index contributed by atoms with van der Waals surface area (Å²) in [5, 5.41) is 19.9. The Morgan fingerprint density at radius 3 is 2.75 bits per heavy atom. The Kier molecular flexibility index (Phi) is 3.71. The van der Waals surface area contributed by atoms with Crippen molar-refractivity contribution in [3.05, 3.63) is 58.9 Å². The molecule has 4 nitrogen and oxygen atoms in total. The van der Waals surface area contributed by atoms with Crippen LogP contribution in [0.4, 0.5) is 5.69 Å². The van der Waals surface area contributed by atoms with Crippen LogP contribution >= 0.6 is 11.6 Å². The molecule has 1 saturated carbocycles. The molecule has 0 radical (unpaired) electrons. The molecular formula is C19H18ClN3O. The summed E-state index contributed by atoms with van der Waals surface area (Å²) in [7, 11) is 0. The Labute approximate surface area is 146 Å². The van der Waals surface area contributed by atoms with Crippen LogP contribution in [0, 0.1) is 22.7 Å². The van der Waals surface area contributed by atoms with Gasteiger partial charge in [0.05, 0.1) is 16.7 Å². The number of rotatable bonds is 3. The number of aromatic nitrogens is 1. The van der Waals surface area contributed by atoms with Gasteiger partial charge in [0.2, 0.25) is 0 Å². The van der Waals surface area contributed by atoms with E-state index in [0.717, 1.165) is 37.2 Å². The summed E-state index contributed by atoms with van der Waals surface area (Å²) in [4.78, 5) is 6.38. The second kappa shape index (κ2) is 5.77. The highest BCUT2D eigenvalue weighted by molar-refractivity contribution is 6.32. The summed E-state index contributed by atoms with van der Waals surface area (Å²) < 4.78 is 0. The summed E-state index contributed by atoms with van der Waals surface area (Å²) >= 11 is 6.12. The van der Waals surface area contributed by atoms with Crippen molar-refractivity contribution >= 4 is 17.3 Å². The first-order chi connectivity index (χ1) is 11.6. The highest BCUT2D eigenvalue weighted by Gasteiger charge is 2.54. The van der Waals surface area contributed by atoms with Crippen LogP contribution in [-0.4, -0.2) is 23.2 Å². The van der Waals surface area contributed by atoms with Crippen molar-refractivity contribution in [3.8, 4) is 6.07 Å². The van der Waals surface area contributed by atoms with Crippen molar-refractivity contribution in [2.24, 2.45) is 11.3 Å². The molecule has 2 heterocycles. The number of anilines is 1. The lowest BCUT2D eigenvalue weighted by Crippen LogP contribution is -2.63. The number of halogens is 1. The molecule has 1 aliphatic heterocycles. The molecule has 1 spiro atoms. The van der Waals surface area contributed by atoms with Gasteiger partial charge in [0.15, 0.2) is 0 Å². The summed E-state index contributed by atoms with van der Waals surface area (Å²) in [6, 6.07) is 11.5. The van der Waals surface area contributed by atoms with Crippen LogP contribution < -0.4 is 4.90 Å². The number of hydrogen-bond acceptors (Lipinski definition) is 4. The average Bonchev–Trinajstić information content (AvgIpc) is 2.53. The van der Waals surface area contributed by atoms with Gasteiger partial charge in [-0.25, -0.2) is 0 Å². The maximum atomic E-state index is 10.5. The molecule has 1 N–H and O–H groups in total. The van der Waals surface area contributed by atoms with Gasteiger partial charge in [0, 0.05) is 36.6 Å². The lowest BCUT2D eigenvalue weighted by molar-refractivity contribution is -0.0509. The molecular weight excluding hydrogens is 322 g/mol. The van der Waals surface area contributed by atoms with Crippen LogP contribution in [0.3, 0.4) is 0 Å². The van der Waals surface area contributed by atoms with Gasteiger partial charge in [-0.1, -0.05) is 17.7 Å². The fourth-order valence-electron chi connectivity index (χ4n) is 4.09. The molecule has 1 unspecified atom stereocenters. The SMILES string of the molecule is N#Cc1ccc(N2CC3(CC(C(O)c4cccnc4)C3)C2)cc1Cl. The van der Waals surface area contributed by atoms with Crippen LogP contribution in [0.15, 0.2) is 42.7 Å². The second-order valence-corrected chi connectivity index (χ2v) is 7.44. The monoisotopic (exact) mass is 339 g/mol. The Balaban J connectivity index is 1.36. The number of hydrogen-bond donors (Lipinski definition) is 1.